The number of nitrogens with two attached hydrogens (primary N) is 3. The Bertz CT molecular complexity index is 1330. The zero-order valence-corrected chi connectivity index (χ0v) is 16.9. The van der Waals surface area contributed by atoms with Crippen LogP contribution in [0.4, 0.5) is 17.5 Å². The molecule has 0 spiro atoms. The van der Waals surface area contributed by atoms with E-state index < -0.39 is 5.91 Å². The Hall–Kier alpha value is -4.13. The minimum Gasteiger partial charge on any atom is -0.383 e. The van der Waals surface area contributed by atoms with Gasteiger partial charge < -0.3 is 22.1 Å². The number of carbonyl (C=O) groups excluding carboxylic acids is 1. The van der Waals surface area contributed by atoms with Crippen molar-refractivity contribution in [2.24, 2.45) is 5.73 Å². The molecule has 0 aliphatic carbocycles. The molecule has 4 aromatic rings. The SMILES string of the molecule is NC(=O)c1ccc(-c2ccc3c(c2)CCN3Cc2cnc(N)nc2N)c2ccccc12. The average Bonchev–Trinajstić information content (AvgIpc) is 3.16. The molecule has 154 valence electrons. The van der Waals surface area contributed by atoms with Gasteiger partial charge >= 0.3 is 0 Å². The number of hydrogen-bond acceptors (Lipinski definition) is 6. The molecule has 5 rings (SSSR count). The predicted octanol–water partition coefficient (Wildman–Crippen LogP) is 3.12. The monoisotopic (exact) mass is 410 g/mol. The summed E-state index contributed by atoms with van der Waals surface area (Å²) in [6.07, 6.45) is 2.63. The zero-order chi connectivity index (χ0) is 21.5. The van der Waals surface area contributed by atoms with Crippen LogP contribution in [0.2, 0.25) is 0 Å². The van der Waals surface area contributed by atoms with Crippen LogP contribution in [0.15, 0.2) is 60.8 Å². The molecule has 2 heterocycles. The summed E-state index contributed by atoms with van der Waals surface area (Å²) in [5.41, 5.74) is 23.2. The van der Waals surface area contributed by atoms with E-state index in [1.54, 1.807) is 6.20 Å². The lowest BCUT2D eigenvalue weighted by Gasteiger charge is -2.20. The van der Waals surface area contributed by atoms with Crippen molar-refractivity contribution in [2.75, 3.05) is 22.9 Å². The smallest absolute Gasteiger partial charge is 0.249 e. The average molecular weight is 410 g/mol. The molecule has 0 atom stereocenters. The first-order valence-electron chi connectivity index (χ1n) is 10.1. The normalized spacial score (nSPS) is 12.8. The van der Waals surface area contributed by atoms with Crippen LogP contribution in [-0.2, 0) is 13.0 Å². The first-order chi connectivity index (χ1) is 15.0. The highest BCUT2D eigenvalue weighted by Crippen LogP contribution is 2.36. The van der Waals surface area contributed by atoms with Gasteiger partial charge in [-0.1, -0.05) is 36.4 Å². The number of benzene rings is 3. The number of anilines is 3. The van der Waals surface area contributed by atoms with Crippen LogP contribution in [-0.4, -0.2) is 22.4 Å². The first kappa shape index (κ1) is 18.9. The summed E-state index contributed by atoms with van der Waals surface area (Å²) in [5.74, 6) is 0.180. The summed E-state index contributed by atoms with van der Waals surface area (Å²) in [5, 5.41) is 1.88. The number of nitrogens with zero attached hydrogens (tertiary/aromatic N) is 3. The van der Waals surface area contributed by atoms with Crippen molar-refractivity contribution in [2.45, 2.75) is 13.0 Å². The van der Waals surface area contributed by atoms with Crippen molar-refractivity contribution < 1.29 is 4.79 Å². The van der Waals surface area contributed by atoms with E-state index in [0.29, 0.717) is 17.9 Å². The molecule has 0 bridgehead atoms. The van der Waals surface area contributed by atoms with Crippen molar-refractivity contribution in [3.05, 3.63) is 77.5 Å². The molecule has 7 heteroatoms. The summed E-state index contributed by atoms with van der Waals surface area (Å²) in [7, 11) is 0. The van der Waals surface area contributed by atoms with Gasteiger partial charge in [0.25, 0.3) is 0 Å². The third kappa shape index (κ3) is 3.30. The van der Waals surface area contributed by atoms with Gasteiger partial charge in [-0.3, -0.25) is 4.79 Å². The summed E-state index contributed by atoms with van der Waals surface area (Å²) in [6, 6.07) is 18.1. The topological polar surface area (TPSA) is 124 Å². The van der Waals surface area contributed by atoms with Crippen molar-refractivity contribution in [3.63, 3.8) is 0 Å². The Morgan fingerprint density at radius 2 is 1.84 bits per heavy atom. The largest absolute Gasteiger partial charge is 0.383 e. The second kappa shape index (κ2) is 7.28. The van der Waals surface area contributed by atoms with Gasteiger partial charge in [0, 0.05) is 36.1 Å². The first-order valence-corrected chi connectivity index (χ1v) is 10.1. The number of nitrogen functional groups attached to an aromatic ring is 2. The van der Waals surface area contributed by atoms with Crippen molar-refractivity contribution >= 4 is 34.1 Å². The summed E-state index contributed by atoms with van der Waals surface area (Å²) >= 11 is 0. The van der Waals surface area contributed by atoms with Gasteiger partial charge in [0.05, 0.1) is 0 Å². The van der Waals surface area contributed by atoms with E-state index in [1.807, 2.05) is 36.4 Å². The lowest BCUT2D eigenvalue weighted by atomic mass is 9.93. The van der Waals surface area contributed by atoms with Crippen LogP contribution >= 0.6 is 0 Å². The van der Waals surface area contributed by atoms with Gasteiger partial charge in [-0.25, -0.2) is 4.98 Å². The maximum atomic E-state index is 11.8. The van der Waals surface area contributed by atoms with Crippen molar-refractivity contribution in [3.8, 4) is 11.1 Å². The summed E-state index contributed by atoms with van der Waals surface area (Å²) in [6.45, 7) is 1.53. The number of amides is 1. The number of primary amides is 1. The van der Waals surface area contributed by atoms with E-state index in [4.69, 9.17) is 17.2 Å². The van der Waals surface area contributed by atoms with Gasteiger partial charge in [-0.05, 0) is 52.1 Å². The summed E-state index contributed by atoms with van der Waals surface area (Å²) in [4.78, 5) is 22.2. The molecule has 6 N–H and O–H groups in total. The highest BCUT2D eigenvalue weighted by molar-refractivity contribution is 6.10. The Morgan fingerprint density at radius 1 is 1.03 bits per heavy atom. The van der Waals surface area contributed by atoms with Crippen LogP contribution in [0, 0.1) is 0 Å². The van der Waals surface area contributed by atoms with Crippen LogP contribution in [0.25, 0.3) is 21.9 Å². The minimum absolute atomic E-state index is 0.183. The molecular formula is C24H22N6O. The minimum atomic E-state index is -0.418. The van der Waals surface area contributed by atoms with Gasteiger partial charge in [-0.15, -0.1) is 0 Å². The molecular weight excluding hydrogens is 388 g/mol. The third-order valence-electron chi connectivity index (χ3n) is 5.85. The molecule has 1 amide bonds. The molecule has 0 fully saturated rings. The molecule has 31 heavy (non-hydrogen) atoms. The molecule has 1 aliphatic rings. The molecule has 0 unspecified atom stereocenters. The predicted molar refractivity (Wildman–Crippen MR) is 124 cm³/mol. The molecule has 0 saturated heterocycles. The molecule has 1 aromatic heterocycles. The fourth-order valence-electron chi connectivity index (χ4n) is 4.33. The number of carbonyl (C=O) groups is 1. The van der Waals surface area contributed by atoms with E-state index in [0.717, 1.165) is 40.4 Å². The van der Waals surface area contributed by atoms with Crippen LogP contribution in [0.1, 0.15) is 21.5 Å². The Balaban J connectivity index is 1.51. The fourth-order valence-corrected chi connectivity index (χ4v) is 4.33. The second-order valence-corrected chi connectivity index (χ2v) is 7.72. The van der Waals surface area contributed by atoms with Crippen LogP contribution in [0.3, 0.4) is 0 Å². The van der Waals surface area contributed by atoms with Crippen molar-refractivity contribution in [1.82, 2.24) is 9.97 Å². The quantitative estimate of drug-likeness (QED) is 0.475. The van der Waals surface area contributed by atoms with Gasteiger partial charge in [0.15, 0.2) is 0 Å². The number of hydrogen-bond donors (Lipinski definition) is 3. The zero-order valence-electron chi connectivity index (χ0n) is 16.9. The Kier molecular flexibility index (Phi) is 4.43. The van der Waals surface area contributed by atoms with Gasteiger partial charge in [0.2, 0.25) is 11.9 Å². The molecule has 0 radical (unpaired) electrons. The van der Waals surface area contributed by atoms with Crippen molar-refractivity contribution in [1.29, 1.82) is 0 Å². The van der Waals surface area contributed by atoms with E-state index >= 15 is 0 Å². The molecule has 0 saturated carbocycles. The fraction of sp³-hybridized carbons (Fsp3) is 0.125. The lowest BCUT2D eigenvalue weighted by molar-refractivity contribution is 0.100. The van der Waals surface area contributed by atoms with E-state index in [-0.39, 0.29) is 5.95 Å². The number of fused-ring (bicyclic) bond motifs is 2. The summed E-state index contributed by atoms with van der Waals surface area (Å²) < 4.78 is 0. The maximum absolute atomic E-state index is 11.8. The van der Waals surface area contributed by atoms with Gasteiger partial charge in [0.1, 0.15) is 5.82 Å². The van der Waals surface area contributed by atoms with Gasteiger partial charge in [-0.2, -0.15) is 4.98 Å². The van der Waals surface area contributed by atoms with Crippen LogP contribution in [0.5, 0.6) is 0 Å². The highest BCUT2D eigenvalue weighted by Gasteiger charge is 2.21. The van der Waals surface area contributed by atoms with Crippen LogP contribution < -0.4 is 22.1 Å². The Morgan fingerprint density at radius 3 is 2.61 bits per heavy atom. The van der Waals surface area contributed by atoms with E-state index in [9.17, 15) is 4.79 Å². The lowest BCUT2D eigenvalue weighted by Crippen LogP contribution is -2.21. The van der Waals surface area contributed by atoms with E-state index in [2.05, 4.69) is 33.1 Å². The van der Waals surface area contributed by atoms with E-state index in [1.165, 1.54) is 11.3 Å². The Labute approximate surface area is 179 Å². The highest BCUT2D eigenvalue weighted by atomic mass is 16.1. The number of rotatable bonds is 4. The number of aromatic nitrogens is 2. The molecule has 3 aromatic carbocycles. The second-order valence-electron chi connectivity index (χ2n) is 7.72. The molecule has 1 aliphatic heterocycles. The third-order valence-corrected chi connectivity index (χ3v) is 5.85. The maximum Gasteiger partial charge on any atom is 0.249 e. The standard InChI is InChI=1S/C24H22N6O/c25-22-16(12-28-24(27)29-22)13-30-10-9-15-11-14(5-8-21(15)30)17-6-7-20(23(26)31)19-4-2-1-3-18(17)19/h1-8,11-12H,9-10,13H2,(H2,26,31)(H4,25,27,28,29). The molecule has 7 nitrogen and oxygen atoms in total.